The molecule has 7 heteroatoms. The van der Waals surface area contributed by atoms with E-state index in [0.29, 0.717) is 29.0 Å². The van der Waals surface area contributed by atoms with E-state index in [1.54, 1.807) is 44.2 Å². The molecule has 0 radical (unpaired) electrons. The van der Waals surface area contributed by atoms with Crippen LogP contribution in [0.15, 0.2) is 60.7 Å². The largest absolute Gasteiger partial charge is 0.399 e. The predicted octanol–water partition coefficient (Wildman–Crippen LogP) is 4.30. The molecule has 1 aliphatic heterocycles. The Morgan fingerprint density at radius 3 is 2.41 bits per heavy atom. The minimum absolute atomic E-state index is 0.00168. The van der Waals surface area contributed by atoms with Gasteiger partial charge in [0.25, 0.3) is 5.91 Å². The summed E-state index contributed by atoms with van der Waals surface area (Å²) in [5, 5.41) is 2.85. The molecular weight excluding hydrogens is 412 g/mol. The van der Waals surface area contributed by atoms with Gasteiger partial charge in [-0.05, 0) is 66.9 Å². The van der Waals surface area contributed by atoms with Gasteiger partial charge in [0.1, 0.15) is 11.6 Å². The zero-order valence-corrected chi connectivity index (χ0v) is 17.8. The monoisotopic (exact) mass is 435 g/mol. The molecule has 0 aliphatic carbocycles. The quantitative estimate of drug-likeness (QED) is 0.587. The van der Waals surface area contributed by atoms with Crippen LogP contribution >= 0.6 is 0 Å². The molecule has 4 rings (SSSR count). The number of fused-ring (bicyclic) bond motifs is 1. The summed E-state index contributed by atoms with van der Waals surface area (Å²) < 4.78 is 27.3. The lowest BCUT2D eigenvalue weighted by Crippen LogP contribution is -2.35. The van der Waals surface area contributed by atoms with Gasteiger partial charge < -0.3 is 16.0 Å². The maximum atomic E-state index is 13.7. The normalized spacial score (nSPS) is 14.4. The van der Waals surface area contributed by atoms with E-state index in [0.717, 1.165) is 17.2 Å². The SMILES string of the molecule is CC1(C)C(=O)N(Cc2cc(F)cc(F)c2)c2cc(C(=O)NCc3cccc(N)c3)ccc21. The first-order chi connectivity index (χ1) is 15.1. The maximum absolute atomic E-state index is 13.7. The summed E-state index contributed by atoms with van der Waals surface area (Å²) in [7, 11) is 0. The van der Waals surface area contributed by atoms with Crippen molar-refractivity contribution in [2.45, 2.75) is 32.4 Å². The molecule has 1 aliphatic rings. The minimum Gasteiger partial charge on any atom is -0.399 e. The van der Waals surface area contributed by atoms with Crippen LogP contribution < -0.4 is 16.0 Å². The summed E-state index contributed by atoms with van der Waals surface area (Å²) in [6, 6.07) is 15.5. The highest BCUT2D eigenvalue weighted by molar-refractivity contribution is 6.08. The van der Waals surface area contributed by atoms with Gasteiger partial charge in [0, 0.05) is 29.5 Å². The zero-order chi connectivity index (χ0) is 23.0. The molecule has 2 amide bonds. The zero-order valence-electron chi connectivity index (χ0n) is 17.8. The molecule has 5 nitrogen and oxygen atoms in total. The lowest BCUT2D eigenvalue weighted by molar-refractivity contribution is -0.122. The van der Waals surface area contributed by atoms with Gasteiger partial charge >= 0.3 is 0 Å². The Morgan fingerprint density at radius 2 is 1.72 bits per heavy atom. The Morgan fingerprint density at radius 1 is 1.00 bits per heavy atom. The average Bonchev–Trinajstić information content (AvgIpc) is 2.91. The smallest absolute Gasteiger partial charge is 0.251 e. The molecule has 0 spiro atoms. The standard InChI is InChI=1S/C25H23F2N3O2/c1-25(2)21-7-6-17(23(31)29-13-15-4-3-5-20(28)10-15)11-22(21)30(24(25)32)14-16-8-18(26)12-19(27)9-16/h3-12H,13-14,28H2,1-2H3,(H,29,31). The van der Waals surface area contributed by atoms with E-state index < -0.39 is 17.0 Å². The molecule has 3 aromatic carbocycles. The first kappa shape index (κ1) is 21.5. The molecule has 32 heavy (non-hydrogen) atoms. The first-order valence-corrected chi connectivity index (χ1v) is 10.2. The van der Waals surface area contributed by atoms with E-state index in [1.807, 2.05) is 12.1 Å². The number of hydrogen-bond acceptors (Lipinski definition) is 3. The van der Waals surface area contributed by atoms with E-state index in [-0.39, 0.29) is 18.4 Å². The van der Waals surface area contributed by atoms with Crippen LogP contribution in [-0.2, 0) is 23.3 Å². The van der Waals surface area contributed by atoms with Crippen LogP contribution in [0.5, 0.6) is 0 Å². The van der Waals surface area contributed by atoms with Gasteiger partial charge in [-0.2, -0.15) is 0 Å². The van der Waals surface area contributed by atoms with Crippen LogP contribution in [0, 0.1) is 11.6 Å². The molecule has 3 aromatic rings. The molecule has 0 fully saturated rings. The summed E-state index contributed by atoms with van der Waals surface area (Å²) in [5.41, 5.74) is 8.46. The van der Waals surface area contributed by atoms with Gasteiger partial charge in [0.05, 0.1) is 12.0 Å². The van der Waals surface area contributed by atoms with Crippen LogP contribution in [0.25, 0.3) is 0 Å². The average molecular weight is 435 g/mol. The fraction of sp³-hybridized carbons (Fsp3) is 0.200. The first-order valence-electron chi connectivity index (χ1n) is 10.2. The van der Waals surface area contributed by atoms with Crippen LogP contribution in [0.1, 0.15) is 40.9 Å². The number of nitrogens with two attached hydrogens (primary N) is 1. The maximum Gasteiger partial charge on any atom is 0.251 e. The highest BCUT2D eigenvalue weighted by atomic mass is 19.1. The van der Waals surface area contributed by atoms with Gasteiger partial charge in [-0.15, -0.1) is 0 Å². The Labute approximate surface area is 184 Å². The van der Waals surface area contributed by atoms with Crippen LogP contribution in [0.3, 0.4) is 0 Å². The summed E-state index contributed by atoms with van der Waals surface area (Å²) in [4.78, 5) is 27.3. The number of anilines is 2. The number of halogens is 2. The Bertz CT molecular complexity index is 1200. The molecule has 0 saturated carbocycles. The number of nitrogens with zero attached hydrogens (tertiary/aromatic N) is 1. The second kappa shape index (κ2) is 8.07. The molecule has 164 valence electrons. The summed E-state index contributed by atoms with van der Waals surface area (Å²) in [6.45, 7) is 3.88. The van der Waals surface area contributed by atoms with Gasteiger partial charge in [-0.25, -0.2) is 8.78 Å². The lowest BCUT2D eigenvalue weighted by Gasteiger charge is -2.20. The van der Waals surface area contributed by atoms with Crippen molar-refractivity contribution in [3.8, 4) is 0 Å². The third kappa shape index (κ3) is 4.06. The van der Waals surface area contributed by atoms with Crippen LogP contribution in [0.2, 0.25) is 0 Å². The number of carbonyl (C=O) groups is 2. The second-order valence-electron chi connectivity index (χ2n) is 8.45. The van der Waals surface area contributed by atoms with Gasteiger partial charge in [-0.3, -0.25) is 9.59 Å². The van der Waals surface area contributed by atoms with Crippen LogP contribution in [0.4, 0.5) is 20.2 Å². The predicted molar refractivity (Wildman–Crippen MR) is 119 cm³/mol. The van der Waals surface area contributed by atoms with E-state index in [1.165, 1.54) is 17.0 Å². The Hall–Kier alpha value is -3.74. The van der Waals surface area contributed by atoms with Crippen molar-refractivity contribution in [3.63, 3.8) is 0 Å². The molecule has 3 N–H and O–H groups in total. The van der Waals surface area contributed by atoms with Crippen molar-refractivity contribution >= 4 is 23.2 Å². The number of hydrogen-bond donors (Lipinski definition) is 2. The third-order valence-corrected chi connectivity index (χ3v) is 5.67. The van der Waals surface area contributed by atoms with E-state index in [4.69, 9.17) is 5.73 Å². The van der Waals surface area contributed by atoms with E-state index in [2.05, 4.69) is 5.32 Å². The number of nitrogens with one attached hydrogen (secondary N) is 1. The van der Waals surface area contributed by atoms with Crippen molar-refractivity contribution in [2.75, 3.05) is 10.6 Å². The molecule has 1 heterocycles. The highest BCUT2D eigenvalue weighted by Gasteiger charge is 2.44. The van der Waals surface area contributed by atoms with E-state index in [9.17, 15) is 18.4 Å². The van der Waals surface area contributed by atoms with Gasteiger partial charge in [0.15, 0.2) is 0 Å². The van der Waals surface area contributed by atoms with Crippen molar-refractivity contribution in [3.05, 3.63) is 94.6 Å². The molecule has 0 atom stereocenters. The second-order valence-corrected chi connectivity index (χ2v) is 8.45. The molecule has 0 aromatic heterocycles. The Kier molecular flexibility index (Phi) is 5.42. The summed E-state index contributed by atoms with van der Waals surface area (Å²) in [6.07, 6.45) is 0. The van der Waals surface area contributed by atoms with Crippen molar-refractivity contribution in [1.29, 1.82) is 0 Å². The van der Waals surface area contributed by atoms with Crippen molar-refractivity contribution < 1.29 is 18.4 Å². The van der Waals surface area contributed by atoms with Gasteiger partial charge in [-0.1, -0.05) is 18.2 Å². The van der Waals surface area contributed by atoms with Crippen LogP contribution in [-0.4, -0.2) is 11.8 Å². The number of amides is 2. The molecule has 0 bridgehead atoms. The fourth-order valence-electron chi connectivity index (χ4n) is 4.02. The van der Waals surface area contributed by atoms with E-state index >= 15 is 0 Å². The summed E-state index contributed by atoms with van der Waals surface area (Å²) in [5.74, 6) is -1.92. The fourth-order valence-corrected chi connectivity index (χ4v) is 4.02. The third-order valence-electron chi connectivity index (χ3n) is 5.67. The van der Waals surface area contributed by atoms with Gasteiger partial charge in [0.2, 0.25) is 5.91 Å². The molecule has 0 unspecified atom stereocenters. The Balaban J connectivity index is 1.61. The molecular formula is C25H23F2N3O2. The minimum atomic E-state index is -0.822. The van der Waals surface area contributed by atoms with Crippen molar-refractivity contribution in [2.24, 2.45) is 0 Å². The lowest BCUT2D eigenvalue weighted by atomic mass is 9.86. The summed E-state index contributed by atoms with van der Waals surface area (Å²) >= 11 is 0. The number of carbonyl (C=O) groups excluding carboxylic acids is 2. The number of benzene rings is 3. The molecule has 0 saturated heterocycles. The van der Waals surface area contributed by atoms with Crippen molar-refractivity contribution in [1.82, 2.24) is 5.32 Å². The topological polar surface area (TPSA) is 75.4 Å². The number of rotatable bonds is 5. The number of nitrogen functional groups attached to an aromatic ring is 1. The highest BCUT2D eigenvalue weighted by Crippen LogP contribution is 2.42.